The molecule has 0 saturated heterocycles. The maximum absolute atomic E-state index is 11.8. The number of rotatable bonds is 6. The number of hydrogen-bond acceptors (Lipinski definition) is 2. The molecular weight excluding hydrogens is 224 g/mol. The molecule has 3 N–H and O–H groups in total. The molecule has 0 heterocycles. The highest BCUT2D eigenvalue weighted by molar-refractivity contribution is 5.78. The molecule has 0 saturated carbocycles. The average Bonchev–Trinajstić information content (AvgIpc) is 2.32. The smallest absolute Gasteiger partial charge is 0.224 e. The van der Waals surface area contributed by atoms with Crippen molar-refractivity contribution in [3.63, 3.8) is 0 Å². The van der Waals surface area contributed by atoms with Crippen molar-refractivity contribution >= 4 is 5.91 Å². The zero-order chi connectivity index (χ0) is 13.5. The lowest BCUT2D eigenvalue weighted by Crippen LogP contribution is -2.30. The lowest BCUT2D eigenvalue weighted by atomic mass is 10.0. The number of aryl methyl sites for hydroxylation is 2. The van der Waals surface area contributed by atoms with E-state index < -0.39 is 0 Å². The van der Waals surface area contributed by atoms with Crippen molar-refractivity contribution in [2.75, 3.05) is 13.1 Å². The Morgan fingerprint density at radius 2 is 2.11 bits per heavy atom. The van der Waals surface area contributed by atoms with Gasteiger partial charge < -0.3 is 11.1 Å². The summed E-state index contributed by atoms with van der Waals surface area (Å²) in [5, 5.41) is 2.97. The van der Waals surface area contributed by atoms with Gasteiger partial charge in [0.2, 0.25) is 5.91 Å². The molecule has 0 aromatic heterocycles. The van der Waals surface area contributed by atoms with Gasteiger partial charge in [0.15, 0.2) is 0 Å². The lowest BCUT2D eigenvalue weighted by molar-refractivity contribution is -0.120. The van der Waals surface area contributed by atoms with Crippen LogP contribution in [0, 0.1) is 19.8 Å². The second kappa shape index (κ2) is 7.17. The van der Waals surface area contributed by atoms with Gasteiger partial charge in [-0.05, 0) is 43.9 Å². The van der Waals surface area contributed by atoms with Crippen molar-refractivity contribution in [3.8, 4) is 0 Å². The molecule has 0 fully saturated rings. The third-order valence-electron chi connectivity index (χ3n) is 3.16. The minimum atomic E-state index is 0.0903. The van der Waals surface area contributed by atoms with E-state index in [9.17, 15) is 4.79 Å². The highest BCUT2D eigenvalue weighted by atomic mass is 16.1. The van der Waals surface area contributed by atoms with Gasteiger partial charge in [0.25, 0.3) is 0 Å². The van der Waals surface area contributed by atoms with Crippen LogP contribution < -0.4 is 11.1 Å². The van der Waals surface area contributed by atoms with E-state index in [0.29, 0.717) is 25.4 Å². The molecule has 0 aliphatic rings. The summed E-state index contributed by atoms with van der Waals surface area (Å²) in [4.78, 5) is 11.8. The van der Waals surface area contributed by atoms with Crippen LogP contribution in [0.2, 0.25) is 0 Å². The summed E-state index contributed by atoms with van der Waals surface area (Å²) in [7, 11) is 0. The van der Waals surface area contributed by atoms with Crippen LogP contribution in [-0.2, 0) is 11.2 Å². The van der Waals surface area contributed by atoms with Gasteiger partial charge in [-0.2, -0.15) is 0 Å². The first-order chi connectivity index (χ1) is 8.52. The predicted octanol–water partition coefficient (Wildman–Crippen LogP) is 1.95. The van der Waals surface area contributed by atoms with E-state index in [-0.39, 0.29) is 5.91 Å². The van der Waals surface area contributed by atoms with Crippen molar-refractivity contribution in [3.05, 3.63) is 34.9 Å². The van der Waals surface area contributed by atoms with Crippen LogP contribution in [-0.4, -0.2) is 19.0 Å². The number of amides is 1. The van der Waals surface area contributed by atoms with Crippen molar-refractivity contribution in [1.29, 1.82) is 0 Å². The molecular formula is C15H24N2O. The number of nitrogens with one attached hydrogen (secondary N) is 1. The highest BCUT2D eigenvalue weighted by Crippen LogP contribution is 2.11. The summed E-state index contributed by atoms with van der Waals surface area (Å²) in [5.41, 5.74) is 8.96. The monoisotopic (exact) mass is 248 g/mol. The van der Waals surface area contributed by atoms with E-state index in [1.807, 2.05) is 13.8 Å². The molecule has 0 aliphatic carbocycles. The van der Waals surface area contributed by atoms with E-state index in [1.165, 1.54) is 11.1 Å². The Morgan fingerprint density at radius 3 is 2.78 bits per heavy atom. The van der Waals surface area contributed by atoms with Crippen LogP contribution in [0.4, 0.5) is 0 Å². The van der Waals surface area contributed by atoms with Crippen LogP contribution in [0.3, 0.4) is 0 Å². The second-order valence-corrected chi connectivity index (χ2v) is 5.09. The Hall–Kier alpha value is -1.35. The number of hydrogen-bond donors (Lipinski definition) is 2. The van der Waals surface area contributed by atoms with Crippen LogP contribution in [0.25, 0.3) is 0 Å². The fourth-order valence-corrected chi connectivity index (χ4v) is 1.90. The molecule has 3 nitrogen and oxygen atoms in total. The first kappa shape index (κ1) is 14.7. The van der Waals surface area contributed by atoms with E-state index in [1.54, 1.807) is 0 Å². The van der Waals surface area contributed by atoms with Gasteiger partial charge in [0.1, 0.15) is 0 Å². The van der Waals surface area contributed by atoms with Crippen LogP contribution in [0.1, 0.15) is 30.0 Å². The fraction of sp³-hybridized carbons (Fsp3) is 0.533. The summed E-state index contributed by atoms with van der Waals surface area (Å²) < 4.78 is 0. The molecule has 1 unspecified atom stereocenters. The second-order valence-electron chi connectivity index (χ2n) is 5.09. The third kappa shape index (κ3) is 4.88. The van der Waals surface area contributed by atoms with E-state index in [4.69, 9.17) is 5.73 Å². The Bertz CT molecular complexity index is 401. The maximum atomic E-state index is 11.8. The molecule has 18 heavy (non-hydrogen) atoms. The minimum Gasteiger partial charge on any atom is -0.356 e. The number of carbonyl (C=O) groups excluding carboxylic acids is 1. The van der Waals surface area contributed by atoms with Gasteiger partial charge in [-0.3, -0.25) is 4.79 Å². The third-order valence-corrected chi connectivity index (χ3v) is 3.16. The van der Waals surface area contributed by atoms with Crippen molar-refractivity contribution in [2.45, 2.75) is 33.6 Å². The maximum Gasteiger partial charge on any atom is 0.224 e. The Labute approximate surface area is 110 Å². The average molecular weight is 248 g/mol. The topological polar surface area (TPSA) is 55.1 Å². The van der Waals surface area contributed by atoms with E-state index >= 15 is 0 Å². The molecule has 0 spiro atoms. The fourth-order valence-electron chi connectivity index (χ4n) is 1.90. The van der Waals surface area contributed by atoms with Gasteiger partial charge in [0, 0.05) is 6.54 Å². The van der Waals surface area contributed by atoms with E-state index in [2.05, 4.69) is 30.4 Å². The molecule has 0 bridgehead atoms. The van der Waals surface area contributed by atoms with Gasteiger partial charge >= 0.3 is 0 Å². The van der Waals surface area contributed by atoms with Crippen LogP contribution in [0.15, 0.2) is 18.2 Å². The molecule has 1 aromatic rings. The van der Waals surface area contributed by atoms with Crippen molar-refractivity contribution < 1.29 is 4.79 Å². The Kier molecular flexibility index (Phi) is 5.86. The van der Waals surface area contributed by atoms with Crippen molar-refractivity contribution in [1.82, 2.24) is 5.32 Å². The predicted molar refractivity (Wildman–Crippen MR) is 75.5 cm³/mol. The Balaban J connectivity index is 2.47. The minimum absolute atomic E-state index is 0.0903. The molecule has 0 radical (unpaired) electrons. The lowest BCUT2D eigenvalue weighted by Gasteiger charge is -2.12. The summed E-state index contributed by atoms with van der Waals surface area (Å²) in [6.07, 6.45) is 1.41. The zero-order valence-corrected chi connectivity index (χ0v) is 11.6. The van der Waals surface area contributed by atoms with Crippen LogP contribution >= 0.6 is 0 Å². The summed E-state index contributed by atoms with van der Waals surface area (Å²) in [5.74, 6) is 0.533. The zero-order valence-electron chi connectivity index (χ0n) is 11.6. The quantitative estimate of drug-likeness (QED) is 0.808. The SMILES string of the molecule is Cc1ccc(C)c(CC(=O)NCC(C)CCN)c1. The number of benzene rings is 1. The first-order valence-corrected chi connectivity index (χ1v) is 6.55. The first-order valence-electron chi connectivity index (χ1n) is 6.55. The van der Waals surface area contributed by atoms with Crippen molar-refractivity contribution in [2.24, 2.45) is 11.7 Å². The molecule has 0 aliphatic heterocycles. The number of nitrogens with two attached hydrogens (primary N) is 1. The van der Waals surface area contributed by atoms with Gasteiger partial charge in [-0.1, -0.05) is 30.7 Å². The molecule has 1 aromatic carbocycles. The molecule has 1 amide bonds. The Morgan fingerprint density at radius 1 is 1.39 bits per heavy atom. The molecule has 3 heteroatoms. The van der Waals surface area contributed by atoms with Gasteiger partial charge in [0.05, 0.1) is 6.42 Å². The van der Waals surface area contributed by atoms with Gasteiger partial charge in [-0.15, -0.1) is 0 Å². The molecule has 1 atom stereocenters. The summed E-state index contributed by atoms with van der Waals surface area (Å²) >= 11 is 0. The normalized spacial score (nSPS) is 12.2. The summed E-state index contributed by atoms with van der Waals surface area (Å²) in [6, 6.07) is 6.22. The molecule has 100 valence electrons. The molecule has 1 rings (SSSR count). The highest BCUT2D eigenvalue weighted by Gasteiger charge is 2.08. The van der Waals surface area contributed by atoms with Crippen LogP contribution in [0.5, 0.6) is 0 Å². The summed E-state index contributed by atoms with van der Waals surface area (Å²) in [6.45, 7) is 7.57. The number of carbonyl (C=O) groups is 1. The largest absolute Gasteiger partial charge is 0.356 e. The van der Waals surface area contributed by atoms with E-state index in [0.717, 1.165) is 12.0 Å². The van der Waals surface area contributed by atoms with Gasteiger partial charge in [-0.25, -0.2) is 0 Å². The standard InChI is InChI=1S/C15H24N2O/c1-11-4-5-13(3)14(8-11)9-15(18)17-10-12(2)6-7-16/h4-5,8,12H,6-7,9-10,16H2,1-3H3,(H,17,18).